The number of phenolic OH excluding ortho intramolecular Hbond substituents is 2. The van der Waals surface area contributed by atoms with Crippen molar-refractivity contribution < 1.29 is 49.3 Å². The molecular weight excluding hydrogens is 1210 g/mol. The van der Waals surface area contributed by atoms with E-state index < -0.39 is 35.6 Å². The van der Waals surface area contributed by atoms with E-state index in [2.05, 4.69) is 131 Å². The number of carbonyl (C=O) groups excluding carboxylic acids is 1. The molecule has 10 N–H and O–H groups in total. The molecule has 0 amide bonds. The number of nitrogens with one attached hydrogen (secondary N) is 5. The largest absolute Gasteiger partial charge is 0.507 e. The minimum absolute atomic E-state index is 0.0127. The van der Waals surface area contributed by atoms with E-state index in [1.54, 1.807) is 0 Å². The van der Waals surface area contributed by atoms with E-state index in [-0.39, 0.29) is 91.8 Å². The lowest BCUT2D eigenvalue weighted by atomic mass is 9.62. The smallest absolute Gasteiger partial charge is 0.162 e. The molecule has 0 unspecified atom stereocenters. The first-order valence-electron chi connectivity index (χ1n) is 35.9. The number of aryl methyl sites for hydroxylation is 3. The summed E-state index contributed by atoms with van der Waals surface area (Å²) in [7, 11) is 0. The molecule has 0 saturated heterocycles. The zero-order chi connectivity index (χ0) is 66.8. The second kappa shape index (κ2) is 28.8. The quantitative estimate of drug-likeness (QED) is 0.0118. The highest BCUT2D eigenvalue weighted by Crippen LogP contribution is 2.62. The summed E-state index contributed by atoms with van der Waals surface area (Å²) < 4.78 is 30.0. The van der Waals surface area contributed by atoms with Crippen molar-refractivity contribution in [3.8, 4) is 51.7 Å². The standard InChI is InChI=1S/C82H97N5O10/c1-51(2)41-80(3,93)48-84-49-86-72-22-10-21-61(46-89)95-71-39-57(37-56(76(71)92)24-23-53-16-8-5-9-17-53)79-82(72,94-50-87-60-20-12-33-81(42-60)32-11-19-59(81)45-88)43-68-65-40-67-73(55-25-29-69-54(36-55)31-35-85-69)58(44-83-34-13-18-52-14-6-4-7-15-52)38-66-70(91)30-28-63(74(66)67)75(65)78-64(77(68)97-79)27-26-62(47-90)96-78/h4-9,14-17,25,28-31,35-39,45,51,59-62,67,72-73,79,83-87,89-93H,11-13,18-21,23-24,26-27,32-34,40-44,46-50H2,1-3H3/t59-,60+,61+,62-,67-,72+,73+,79+,80+,81+,82-/m0/s1. The van der Waals surface area contributed by atoms with Crippen molar-refractivity contribution in [2.75, 3.05) is 46.2 Å². The summed E-state index contributed by atoms with van der Waals surface area (Å²) >= 11 is 0. The molecule has 7 aliphatic rings. The van der Waals surface area contributed by atoms with Crippen molar-refractivity contribution >= 4 is 23.3 Å². The van der Waals surface area contributed by atoms with Gasteiger partial charge in [-0.05, 0) is 212 Å². The summed E-state index contributed by atoms with van der Waals surface area (Å²) in [4.78, 5) is 16.2. The van der Waals surface area contributed by atoms with Crippen LogP contribution in [0.15, 0.2) is 121 Å². The molecular formula is C82H97N5O10. The monoisotopic (exact) mass is 1310 g/mol. The molecule has 7 aromatic rings. The number of rotatable bonds is 24. The van der Waals surface area contributed by atoms with Crippen LogP contribution in [-0.4, -0.2) is 119 Å². The summed E-state index contributed by atoms with van der Waals surface area (Å²) in [6.07, 6.45) is 15.7. The van der Waals surface area contributed by atoms with Crippen molar-refractivity contribution in [2.45, 2.75) is 183 Å². The highest BCUT2D eigenvalue weighted by atomic mass is 16.6. The molecule has 0 radical (unpaired) electrons. The molecule has 15 nitrogen and oxygen atoms in total. The fraction of sp³-hybridized carbons (Fsp3) is 0.476. The van der Waals surface area contributed by atoms with Crippen molar-refractivity contribution in [2.24, 2.45) is 17.3 Å². The van der Waals surface area contributed by atoms with Gasteiger partial charge in [-0.1, -0.05) is 111 Å². The highest BCUT2D eigenvalue weighted by molar-refractivity contribution is 5.90. The van der Waals surface area contributed by atoms with Gasteiger partial charge in [0.15, 0.2) is 17.6 Å². The van der Waals surface area contributed by atoms with Crippen LogP contribution in [0.5, 0.6) is 28.7 Å². The number of hydrogen-bond acceptors (Lipinski definition) is 14. The van der Waals surface area contributed by atoms with E-state index in [1.165, 1.54) is 23.0 Å². The Morgan fingerprint density at radius 2 is 1.61 bits per heavy atom. The second-order valence-corrected chi connectivity index (χ2v) is 29.7. The van der Waals surface area contributed by atoms with Gasteiger partial charge in [0, 0.05) is 84.4 Å². The van der Waals surface area contributed by atoms with Crippen molar-refractivity contribution in [1.29, 1.82) is 0 Å². The number of aromatic amines is 1. The predicted octanol–water partition coefficient (Wildman–Crippen LogP) is 12.1. The third kappa shape index (κ3) is 13.6. The van der Waals surface area contributed by atoms with Crippen molar-refractivity contribution in [3.05, 3.63) is 177 Å². The number of phenols is 2. The van der Waals surface area contributed by atoms with Gasteiger partial charge in [0.2, 0.25) is 0 Å². The molecule has 1 spiro atoms. The number of benzene rings is 6. The van der Waals surface area contributed by atoms with E-state index in [9.17, 15) is 30.3 Å². The molecule has 4 heterocycles. The molecule has 11 atom stereocenters. The number of aliphatic hydroxyl groups excluding tert-OH is 2. The Hall–Kier alpha value is -7.49. The number of carbonyl (C=O) groups is 1. The van der Waals surface area contributed by atoms with E-state index in [0.717, 1.165) is 120 Å². The number of hydrogen-bond donors (Lipinski definition) is 10. The van der Waals surface area contributed by atoms with E-state index in [1.807, 2.05) is 49.5 Å². The van der Waals surface area contributed by atoms with Crippen LogP contribution in [-0.2, 0) is 48.1 Å². The lowest BCUT2D eigenvalue weighted by molar-refractivity contribution is -0.145. The number of H-pyrrole nitrogens is 1. The number of aldehydes is 1. The topological polar surface area (TPSA) is 219 Å². The zero-order valence-electron chi connectivity index (χ0n) is 56.6. The van der Waals surface area contributed by atoms with Crippen LogP contribution in [0.3, 0.4) is 0 Å². The average molecular weight is 1310 g/mol. The Kier molecular flexibility index (Phi) is 19.8. The molecule has 4 aliphatic carbocycles. The van der Waals surface area contributed by atoms with E-state index >= 15 is 0 Å². The van der Waals surface area contributed by atoms with E-state index in [0.29, 0.717) is 74.2 Å². The molecule has 1 aromatic heterocycles. The van der Waals surface area contributed by atoms with Gasteiger partial charge in [-0.2, -0.15) is 0 Å². The van der Waals surface area contributed by atoms with Crippen LogP contribution >= 0.6 is 0 Å². The third-order valence-corrected chi connectivity index (χ3v) is 22.5. The van der Waals surface area contributed by atoms with Crippen LogP contribution in [0.2, 0.25) is 0 Å². The lowest BCUT2D eigenvalue weighted by Crippen LogP contribution is -2.62. The SMILES string of the molecule is CC(C)C[C@@](C)(O)CNCN[C@@H]1C#CC[C@H](CO)Oc2cc(cc(CCc3ccccc3)c2O)[C@H]2Oc3c(c4c(c5c3CC[C@@H](CO)O5)-c3ccc(O)c5c3[C@@H](C4)[C@H](c3ccc4[nH]ccc4c3)C(CNCCCc3ccccc3)=C5)C[C@@]21OCN[C@@H]1CCC[C@]2(CCC[C@H]2C=O)C1. The van der Waals surface area contributed by atoms with Gasteiger partial charge in [0.1, 0.15) is 47.4 Å². The summed E-state index contributed by atoms with van der Waals surface area (Å²) in [5.74, 6) is 8.95. The molecule has 97 heavy (non-hydrogen) atoms. The minimum Gasteiger partial charge on any atom is -0.507 e. The Morgan fingerprint density at radius 1 is 0.814 bits per heavy atom. The van der Waals surface area contributed by atoms with Gasteiger partial charge in [-0.25, -0.2) is 0 Å². The van der Waals surface area contributed by atoms with Crippen LogP contribution in [0.1, 0.15) is 165 Å². The van der Waals surface area contributed by atoms with Gasteiger partial charge in [-0.15, -0.1) is 0 Å². The van der Waals surface area contributed by atoms with Crippen LogP contribution < -0.4 is 35.5 Å². The summed E-state index contributed by atoms with van der Waals surface area (Å²) in [6.45, 7) is 7.61. The average Bonchev–Trinajstić information content (AvgIpc) is 1.11. The predicted molar refractivity (Wildman–Crippen MR) is 379 cm³/mol. The van der Waals surface area contributed by atoms with Gasteiger partial charge < -0.3 is 64.9 Å². The number of aromatic nitrogens is 1. The maximum absolute atomic E-state index is 12.8. The molecule has 2 bridgehead atoms. The fourth-order valence-electron chi connectivity index (χ4n) is 18.1. The van der Waals surface area contributed by atoms with Gasteiger partial charge in [0.25, 0.3) is 0 Å². The maximum Gasteiger partial charge on any atom is 0.162 e. The van der Waals surface area contributed by atoms with Crippen LogP contribution in [0.4, 0.5) is 0 Å². The fourth-order valence-corrected chi connectivity index (χ4v) is 18.1. The van der Waals surface area contributed by atoms with Crippen molar-refractivity contribution in [3.63, 3.8) is 0 Å². The summed E-state index contributed by atoms with van der Waals surface area (Å²) in [6, 6.07) is 36.8. The number of fused-ring (bicyclic) bond motifs is 12. The minimum atomic E-state index is -1.39. The maximum atomic E-state index is 12.8. The number of aromatic hydroxyl groups is 2. The first kappa shape index (κ1) is 66.7. The summed E-state index contributed by atoms with van der Waals surface area (Å²) in [5.41, 5.74) is 11.3. The third-order valence-electron chi connectivity index (χ3n) is 22.5. The molecule has 510 valence electrons. The molecule has 15 heteroatoms. The Morgan fingerprint density at radius 3 is 2.39 bits per heavy atom. The van der Waals surface area contributed by atoms with Crippen LogP contribution in [0, 0.1) is 29.1 Å². The number of aliphatic hydroxyl groups is 3. The molecule has 14 rings (SSSR count). The Bertz CT molecular complexity index is 4060. The molecule has 2 saturated carbocycles. The van der Waals surface area contributed by atoms with Gasteiger partial charge in [-0.3, -0.25) is 10.6 Å². The Balaban J connectivity index is 0.951. The second-order valence-electron chi connectivity index (χ2n) is 29.7. The van der Waals surface area contributed by atoms with Gasteiger partial charge in [0.05, 0.1) is 25.5 Å². The first-order chi connectivity index (χ1) is 47.2. The van der Waals surface area contributed by atoms with Gasteiger partial charge >= 0.3 is 0 Å². The van der Waals surface area contributed by atoms with Crippen molar-refractivity contribution in [1.82, 2.24) is 26.3 Å². The van der Waals surface area contributed by atoms with E-state index in [4.69, 9.17) is 18.9 Å². The molecule has 6 aromatic carbocycles. The lowest BCUT2D eigenvalue weighted by Gasteiger charge is -2.50. The Labute approximate surface area is 571 Å². The highest BCUT2D eigenvalue weighted by Gasteiger charge is 2.56. The first-order valence-corrected chi connectivity index (χ1v) is 35.9. The number of ether oxygens (including phenoxy) is 4. The van der Waals surface area contributed by atoms with Crippen LogP contribution in [0.25, 0.3) is 28.1 Å². The summed E-state index contributed by atoms with van der Waals surface area (Å²) in [5, 5.41) is 75.1. The molecule has 3 aliphatic heterocycles. The zero-order valence-corrected chi connectivity index (χ0v) is 56.6. The molecule has 2 fully saturated rings. The normalized spacial score (nSPS) is 25.9.